The predicted molar refractivity (Wildman–Crippen MR) is 57.4 cm³/mol. The Kier molecular flexibility index (Phi) is 4.04. The second-order valence-corrected chi connectivity index (χ2v) is 2.90. The average Bonchev–Trinajstić information content (AvgIpc) is 2.29. The first-order valence-corrected chi connectivity index (χ1v) is 4.49. The number of hydrogen-bond donors (Lipinski definition) is 0. The molecule has 0 spiro atoms. The summed E-state index contributed by atoms with van der Waals surface area (Å²) < 4.78 is 5.14. The van der Waals surface area contributed by atoms with Crippen molar-refractivity contribution in [3.8, 4) is 18.1 Å². The van der Waals surface area contributed by atoms with Crippen LogP contribution in [0.1, 0.15) is 16.8 Å². The van der Waals surface area contributed by atoms with Crippen molar-refractivity contribution in [3.63, 3.8) is 0 Å². The first kappa shape index (κ1) is 11.7. The number of nitro benzene ring substituents is 1. The van der Waals surface area contributed by atoms with Gasteiger partial charge in [-0.2, -0.15) is 0 Å². The molecule has 1 rings (SSSR count). The van der Waals surface area contributed by atoms with Gasteiger partial charge in [-0.1, -0.05) is 0 Å². The maximum atomic E-state index is 10.7. The molecule has 16 heavy (non-hydrogen) atoms. The van der Waals surface area contributed by atoms with Crippen LogP contribution in [0.15, 0.2) is 18.2 Å². The highest BCUT2D eigenvalue weighted by atomic mass is 16.6. The number of nitro groups is 1. The molecule has 0 amide bonds. The lowest BCUT2D eigenvalue weighted by molar-refractivity contribution is -0.385. The van der Waals surface area contributed by atoms with Gasteiger partial charge in [0, 0.05) is 18.1 Å². The summed E-state index contributed by atoms with van der Waals surface area (Å²) in [5.74, 6) is 2.47. The monoisotopic (exact) mass is 219 g/mol. The molecule has 0 heterocycles. The maximum absolute atomic E-state index is 10.7. The van der Waals surface area contributed by atoms with E-state index < -0.39 is 4.92 Å². The van der Waals surface area contributed by atoms with Crippen LogP contribution in [0, 0.1) is 22.5 Å². The van der Waals surface area contributed by atoms with Crippen LogP contribution in [0.4, 0.5) is 5.69 Å². The number of nitrogens with zero attached hydrogens (tertiary/aromatic N) is 1. The molecule has 82 valence electrons. The third-order valence-electron chi connectivity index (χ3n) is 1.82. The Morgan fingerprint density at radius 1 is 1.56 bits per heavy atom. The minimum absolute atomic E-state index is 0.117. The van der Waals surface area contributed by atoms with Crippen molar-refractivity contribution in [2.24, 2.45) is 0 Å². The number of ether oxygens (including phenoxy) is 1. The van der Waals surface area contributed by atoms with E-state index in [0.717, 1.165) is 6.07 Å². The molecule has 0 aliphatic carbocycles. The van der Waals surface area contributed by atoms with E-state index in [2.05, 4.69) is 5.92 Å². The average molecular weight is 219 g/mol. The Balaban J connectivity index is 2.95. The van der Waals surface area contributed by atoms with Crippen molar-refractivity contribution in [2.45, 2.75) is 6.42 Å². The Labute approximate surface area is 92.2 Å². The lowest BCUT2D eigenvalue weighted by Gasteiger charge is -2.04. The molecule has 5 nitrogen and oxygen atoms in total. The van der Waals surface area contributed by atoms with Crippen LogP contribution >= 0.6 is 0 Å². The lowest BCUT2D eigenvalue weighted by atomic mass is 10.2. The molecule has 0 aliphatic heterocycles. The van der Waals surface area contributed by atoms with Gasteiger partial charge in [-0.25, -0.2) is 0 Å². The Morgan fingerprint density at radius 2 is 2.31 bits per heavy atom. The van der Waals surface area contributed by atoms with Crippen molar-refractivity contribution < 1.29 is 14.5 Å². The first-order valence-electron chi connectivity index (χ1n) is 4.49. The van der Waals surface area contributed by atoms with Crippen molar-refractivity contribution in [2.75, 3.05) is 6.61 Å². The number of hydrogen-bond acceptors (Lipinski definition) is 4. The second kappa shape index (κ2) is 5.51. The van der Waals surface area contributed by atoms with Crippen LogP contribution in [-0.4, -0.2) is 17.8 Å². The van der Waals surface area contributed by atoms with E-state index >= 15 is 0 Å². The fraction of sp³-hybridized carbons (Fsp3) is 0.182. The SMILES string of the molecule is C#CCCOc1ccc(C=O)cc1[N+](=O)[O-]. The van der Waals surface area contributed by atoms with Gasteiger partial charge in [0.05, 0.1) is 11.5 Å². The zero-order chi connectivity index (χ0) is 12.0. The minimum Gasteiger partial charge on any atom is -0.486 e. The molecule has 0 fully saturated rings. The van der Waals surface area contributed by atoms with E-state index in [-0.39, 0.29) is 23.6 Å². The quantitative estimate of drug-likeness (QED) is 0.249. The number of rotatable bonds is 5. The predicted octanol–water partition coefficient (Wildman–Crippen LogP) is 1.81. The van der Waals surface area contributed by atoms with E-state index in [9.17, 15) is 14.9 Å². The number of carbonyl (C=O) groups excluding carboxylic acids is 1. The van der Waals surface area contributed by atoms with Gasteiger partial charge in [-0.15, -0.1) is 12.3 Å². The molecular weight excluding hydrogens is 210 g/mol. The highest BCUT2D eigenvalue weighted by Crippen LogP contribution is 2.27. The standard InChI is InChI=1S/C11H9NO4/c1-2-3-6-16-11-5-4-9(8-13)7-10(11)12(14)15/h1,4-5,7-8H,3,6H2. The molecule has 1 aromatic rings. The Bertz CT molecular complexity index is 448. The molecule has 0 aromatic heterocycles. The van der Waals surface area contributed by atoms with Gasteiger partial charge < -0.3 is 4.74 Å². The van der Waals surface area contributed by atoms with Crippen LogP contribution in [-0.2, 0) is 0 Å². The molecule has 0 saturated carbocycles. The van der Waals surface area contributed by atoms with E-state index in [1.165, 1.54) is 12.1 Å². The van der Waals surface area contributed by atoms with Gasteiger partial charge in [0.15, 0.2) is 5.75 Å². The molecule has 0 atom stereocenters. The topological polar surface area (TPSA) is 69.4 Å². The Morgan fingerprint density at radius 3 is 2.88 bits per heavy atom. The zero-order valence-electron chi connectivity index (χ0n) is 8.38. The van der Waals surface area contributed by atoms with Crippen molar-refractivity contribution in [3.05, 3.63) is 33.9 Å². The van der Waals surface area contributed by atoms with Crippen LogP contribution < -0.4 is 4.74 Å². The van der Waals surface area contributed by atoms with Gasteiger partial charge in [-0.3, -0.25) is 14.9 Å². The van der Waals surface area contributed by atoms with Crippen LogP contribution in [0.25, 0.3) is 0 Å². The summed E-state index contributed by atoms with van der Waals surface area (Å²) in [6.45, 7) is 0.206. The number of carbonyl (C=O) groups is 1. The third kappa shape index (κ3) is 2.82. The van der Waals surface area contributed by atoms with Crippen LogP contribution in [0.5, 0.6) is 5.75 Å². The summed E-state index contributed by atoms with van der Waals surface area (Å²) in [6, 6.07) is 4.00. The second-order valence-electron chi connectivity index (χ2n) is 2.90. The van der Waals surface area contributed by atoms with E-state index in [1.54, 1.807) is 0 Å². The largest absolute Gasteiger partial charge is 0.486 e. The van der Waals surface area contributed by atoms with Gasteiger partial charge in [0.2, 0.25) is 0 Å². The molecule has 0 saturated heterocycles. The number of terminal acetylenes is 1. The fourth-order valence-corrected chi connectivity index (χ4v) is 1.09. The summed E-state index contributed by atoms with van der Waals surface area (Å²) in [5.41, 5.74) is -0.00220. The molecule has 5 heteroatoms. The van der Waals surface area contributed by atoms with E-state index in [1.807, 2.05) is 0 Å². The molecule has 0 radical (unpaired) electrons. The molecular formula is C11H9NO4. The highest BCUT2D eigenvalue weighted by molar-refractivity contribution is 5.77. The summed E-state index contributed by atoms with van der Waals surface area (Å²) in [7, 11) is 0. The number of aldehydes is 1. The van der Waals surface area contributed by atoms with Crippen molar-refractivity contribution in [1.82, 2.24) is 0 Å². The zero-order valence-corrected chi connectivity index (χ0v) is 8.38. The molecule has 0 unspecified atom stereocenters. The smallest absolute Gasteiger partial charge is 0.311 e. The van der Waals surface area contributed by atoms with Gasteiger partial charge in [0.25, 0.3) is 0 Å². The molecule has 1 aromatic carbocycles. The molecule has 0 N–H and O–H groups in total. The summed E-state index contributed by atoms with van der Waals surface area (Å²) in [4.78, 5) is 20.6. The molecule has 0 aliphatic rings. The van der Waals surface area contributed by atoms with E-state index in [0.29, 0.717) is 12.7 Å². The fourth-order valence-electron chi connectivity index (χ4n) is 1.09. The van der Waals surface area contributed by atoms with Crippen LogP contribution in [0.2, 0.25) is 0 Å². The highest BCUT2D eigenvalue weighted by Gasteiger charge is 2.15. The van der Waals surface area contributed by atoms with Crippen LogP contribution in [0.3, 0.4) is 0 Å². The number of benzene rings is 1. The lowest BCUT2D eigenvalue weighted by Crippen LogP contribution is -2.00. The molecule has 0 bridgehead atoms. The summed E-state index contributed by atoms with van der Waals surface area (Å²) in [6.07, 6.45) is 5.93. The van der Waals surface area contributed by atoms with Gasteiger partial charge in [-0.05, 0) is 12.1 Å². The van der Waals surface area contributed by atoms with Gasteiger partial charge >= 0.3 is 5.69 Å². The summed E-state index contributed by atoms with van der Waals surface area (Å²) >= 11 is 0. The third-order valence-corrected chi connectivity index (χ3v) is 1.82. The van der Waals surface area contributed by atoms with Gasteiger partial charge in [0.1, 0.15) is 6.29 Å². The first-order chi connectivity index (χ1) is 7.69. The van der Waals surface area contributed by atoms with E-state index in [4.69, 9.17) is 11.2 Å². The van der Waals surface area contributed by atoms with Crippen molar-refractivity contribution in [1.29, 1.82) is 0 Å². The summed E-state index contributed by atoms with van der Waals surface area (Å²) in [5, 5.41) is 10.7. The minimum atomic E-state index is -0.599. The normalized spacial score (nSPS) is 9.19. The van der Waals surface area contributed by atoms with Crippen molar-refractivity contribution >= 4 is 12.0 Å². The maximum Gasteiger partial charge on any atom is 0.311 e. The Hall–Kier alpha value is -2.35.